The average Bonchev–Trinajstić information content (AvgIpc) is 1.48. The van der Waals surface area contributed by atoms with Gasteiger partial charge in [0.1, 0.15) is 65.3 Å². The molecule has 0 saturated carbocycles. The van der Waals surface area contributed by atoms with Crippen molar-refractivity contribution >= 4 is 100.0 Å². The van der Waals surface area contributed by atoms with Gasteiger partial charge in [-0.1, -0.05) is 25.0 Å². The van der Waals surface area contributed by atoms with E-state index < -0.39 is 163 Å². The first-order valence-electron chi connectivity index (χ1n) is 35.2. The summed E-state index contributed by atoms with van der Waals surface area (Å²) in [6, 6.07) is 4.26. The topological polar surface area (TPSA) is 456 Å². The van der Waals surface area contributed by atoms with Crippen LogP contribution in [0.5, 0.6) is 23.0 Å². The van der Waals surface area contributed by atoms with E-state index in [-0.39, 0.29) is 111 Å². The number of carboxylic acid groups (broad SMARTS) is 2. The Bertz CT molecular complexity index is 3800. The maximum Gasteiger partial charge on any atom is 0.340 e. The Hall–Kier alpha value is -10.4. The van der Waals surface area contributed by atoms with Crippen LogP contribution in [0.4, 0.5) is 5.69 Å². The van der Waals surface area contributed by atoms with Crippen molar-refractivity contribution in [1.29, 1.82) is 0 Å². The number of esters is 1. The zero-order valence-corrected chi connectivity index (χ0v) is 58.8. The highest BCUT2D eigenvalue weighted by Crippen LogP contribution is 2.57. The summed E-state index contributed by atoms with van der Waals surface area (Å²) in [6.07, 6.45) is 4.61. The van der Waals surface area contributed by atoms with Crippen molar-refractivity contribution in [2.45, 2.75) is 183 Å². The molecule has 0 unspecified atom stereocenters. The molecule has 0 aromatic heterocycles. The number of carboxylic acids is 2. The number of nitrogens with two attached hydrogens (primary N) is 1. The van der Waals surface area contributed by atoms with Gasteiger partial charge in [-0.25, -0.2) is 4.79 Å². The molecular formula is C71H90N12O20S. The van der Waals surface area contributed by atoms with E-state index >= 15 is 0 Å². The van der Waals surface area contributed by atoms with Crippen molar-refractivity contribution in [3.05, 3.63) is 89.0 Å². The number of phenols is 2. The summed E-state index contributed by atoms with van der Waals surface area (Å²) >= 11 is 5.68. The number of amides is 10. The third kappa shape index (κ3) is 18.9. The molecule has 8 atom stereocenters. The van der Waals surface area contributed by atoms with Crippen molar-refractivity contribution in [3.63, 3.8) is 0 Å². The highest BCUT2D eigenvalue weighted by molar-refractivity contribution is 7.80. The minimum atomic E-state index is -1.70. The first-order chi connectivity index (χ1) is 49.6. The fraction of sp³-hybridized carbons (Fsp3) is 0.521. The minimum Gasteiger partial charge on any atom is -0.508 e. The van der Waals surface area contributed by atoms with Gasteiger partial charge in [-0.15, -0.1) is 0 Å². The van der Waals surface area contributed by atoms with Gasteiger partial charge in [0, 0.05) is 93.0 Å². The number of primary amides is 1. The van der Waals surface area contributed by atoms with Gasteiger partial charge in [-0.2, -0.15) is 0 Å². The van der Waals surface area contributed by atoms with Crippen LogP contribution < -0.4 is 42.4 Å². The molecule has 13 N–H and O–H groups in total. The summed E-state index contributed by atoms with van der Waals surface area (Å²) in [6.45, 7) is 1.78. The number of ether oxygens (including phenoxy) is 2. The SMILES string of the molecule is C[C@@H]1NC(=O)[C@H]([C@@H](C)O)NC(=O)[C@@H]2CCCN2C(=O)[C@H](CCC(=O)O)NC(=O)CN(C(=O)CCCCNC(=S)Nc2ccc3c(c2)C2(OC3=O)c3ccc(O)cc3Oc3cc(O)ccc32)CCCCCCC=CCN(CC(N)=O)C(=O)[C@H](CCC(=O)O)NC(=O)[C@@H]2CCCN2C(=O)[C@@H]2CCCN2C1=O. The van der Waals surface area contributed by atoms with E-state index in [0.717, 1.165) is 9.80 Å². The number of hydrogen-bond donors (Lipinski definition) is 12. The van der Waals surface area contributed by atoms with Crippen molar-refractivity contribution in [3.8, 4) is 23.0 Å². The van der Waals surface area contributed by atoms with Gasteiger partial charge < -0.3 is 97.1 Å². The molecule has 9 rings (SSSR count). The smallest absolute Gasteiger partial charge is 0.340 e. The summed E-state index contributed by atoms with van der Waals surface area (Å²) in [4.78, 5) is 184. The van der Waals surface area contributed by atoms with E-state index in [1.807, 2.05) is 0 Å². The van der Waals surface area contributed by atoms with Gasteiger partial charge in [0.05, 0.1) is 24.8 Å². The summed E-state index contributed by atoms with van der Waals surface area (Å²) in [5.41, 5.74) is 6.08. The molecule has 32 nitrogen and oxygen atoms in total. The number of nitrogens with one attached hydrogen (secondary N) is 6. The third-order valence-corrected chi connectivity index (χ3v) is 19.6. The zero-order valence-electron chi connectivity index (χ0n) is 57.9. The lowest BCUT2D eigenvalue weighted by molar-refractivity contribution is -0.148. The fourth-order valence-electron chi connectivity index (χ4n) is 14.2. The zero-order chi connectivity index (χ0) is 75.1. The van der Waals surface area contributed by atoms with Crippen LogP contribution in [0, 0.1) is 0 Å². The van der Waals surface area contributed by atoms with Crippen molar-refractivity contribution in [2.75, 3.05) is 57.7 Å². The molecule has 3 aromatic carbocycles. The molecule has 560 valence electrons. The summed E-state index contributed by atoms with van der Waals surface area (Å²) in [5.74, 6) is -10.7. The quantitative estimate of drug-likeness (QED) is 0.0447. The molecule has 1 spiro atoms. The number of phenolic OH excluding ortho intramolecular Hbond substituents is 2. The van der Waals surface area contributed by atoms with Crippen LogP contribution in [-0.4, -0.2) is 233 Å². The number of aliphatic hydroxyl groups excluding tert-OH is 1. The molecule has 6 heterocycles. The van der Waals surface area contributed by atoms with Crippen LogP contribution in [0.2, 0.25) is 0 Å². The molecular weight excluding hydrogens is 1370 g/mol. The molecule has 0 aliphatic carbocycles. The molecule has 0 bridgehead atoms. The Balaban J connectivity index is 0.890. The fourth-order valence-corrected chi connectivity index (χ4v) is 14.4. The number of fused-ring (bicyclic) bond motifs is 9. The second-order valence-electron chi connectivity index (χ2n) is 26.9. The summed E-state index contributed by atoms with van der Waals surface area (Å²) in [7, 11) is 0. The lowest BCUT2D eigenvalue weighted by Crippen LogP contribution is -2.61. The van der Waals surface area contributed by atoms with Crippen LogP contribution in [0.15, 0.2) is 66.7 Å². The number of rotatable bonds is 15. The van der Waals surface area contributed by atoms with E-state index in [4.69, 9.17) is 27.4 Å². The second kappa shape index (κ2) is 35.2. The van der Waals surface area contributed by atoms with Gasteiger partial charge in [0.15, 0.2) is 10.7 Å². The number of carbonyl (C=O) groups excluding carboxylic acids is 11. The lowest BCUT2D eigenvalue weighted by atomic mass is 9.77. The molecule has 6 aliphatic rings. The molecule has 104 heavy (non-hydrogen) atoms. The largest absolute Gasteiger partial charge is 0.508 e. The highest BCUT2D eigenvalue weighted by Gasteiger charge is 2.54. The van der Waals surface area contributed by atoms with Crippen LogP contribution in [0.3, 0.4) is 0 Å². The van der Waals surface area contributed by atoms with Crippen LogP contribution in [0.1, 0.15) is 156 Å². The van der Waals surface area contributed by atoms with E-state index in [1.54, 1.807) is 42.5 Å². The van der Waals surface area contributed by atoms with Crippen molar-refractivity contribution < 1.29 is 97.3 Å². The van der Waals surface area contributed by atoms with Crippen LogP contribution >= 0.6 is 12.2 Å². The number of carbonyl (C=O) groups is 13. The average molecular weight is 1460 g/mol. The number of nitrogens with zero attached hydrogens (tertiary/aromatic N) is 5. The number of aromatic hydroxyl groups is 2. The molecule has 0 radical (unpaired) electrons. The monoisotopic (exact) mass is 1460 g/mol. The number of aliphatic hydroxyl groups is 1. The number of unbranched alkanes of at least 4 members (excludes halogenated alkanes) is 1. The Morgan fingerprint density at radius 1 is 0.644 bits per heavy atom. The van der Waals surface area contributed by atoms with E-state index in [1.165, 1.54) is 52.8 Å². The highest BCUT2D eigenvalue weighted by atomic mass is 32.1. The van der Waals surface area contributed by atoms with E-state index in [9.17, 15) is 87.9 Å². The van der Waals surface area contributed by atoms with Gasteiger partial charge in [0.25, 0.3) is 0 Å². The Labute approximate surface area is 604 Å². The van der Waals surface area contributed by atoms with Gasteiger partial charge in [-0.05, 0) is 152 Å². The number of benzene rings is 3. The van der Waals surface area contributed by atoms with Crippen LogP contribution in [0.25, 0.3) is 0 Å². The molecule has 3 aromatic rings. The third-order valence-electron chi connectivity index (χ3n) is 19.4. The molecule has 3 saturated heterocycles. The number of aliphatic carboxylic acids is 2. The molecule has 3 fully saturated rings. The molecule has 6 aliphatic heterocycles. The maximum atomic E-state index is 14.5. The standard InChI is InChI=1S/C71H90N12O20S/c1-40-65(97)83-34-14-17-53(83)68(100)82-33-13-15-51(82)62(94)77-49(25-27-59(90)91)66(98)80(38-56(72)87)31-11-7-5-3-4-6-10-30-79(39-57(88)76-50(26-28-60(92)93)67(99)81-32-12-16-52(81)63(95)78-61(41(2)84)64(96)74-40)58(89)18-8-9-29-73-70(104)75-42-19-22-45-48(35-42)71(103-69(45)101)46-23-20-43(85)36-54(46)102-55-37-44(86)21-24-47(55)71/h7,11,19-24,35-37,40-41,49-53,61,84-86H,3-6,8-10,12-18,25-34,38-39H2,1-2H3,(H2,72,87)(H,74,96)(H,76,88)(H,77,94)(H,78,95)(H,90,91)(H,92,93)(H2,73,75,104)/t40-,41+,49-,50-,51-,52-,53-,61-/m0/s1. The Morgan fingerprint density at radius 3 is 1.85 bits per heavy atom. The first-order valence-corrected chi connectivity index (χ1v) is 35.6. The second-order valence-corrected chi connectivity index (χ2v) is 27.3. The number of allylic oxidation sites excluding steroid dienone is 1. The first kappa shape index (κ1) is 77.7. The number of anilines is 1. The number of hydrogen-bond acceptors (Lipinski definition) is 19. The lowest BCUT2D eigenvalue weighted by Gasteiger charge is -2.36. The van der Waals surface area contributed by atoms with Crippen molar-refractivity contribution in [2.24, 2.45) is 5.73 Å². The minimum absolute atomic E-state index is 0.0171. The Morgan fingerprint density at radius 2 is 1.23 bits per heavy atom. The molecule has 33 heteroatoms. The van der Waals surface area contributed by atoms with Crippen molar-refractivity contribution in [1.82, 2.24) is 51.1 Å². The summed E-state index contributed by atoms with van der Waals surface area (Å²) < 4.78 is 12.3. The van der Waals surface area contributed by atoms with Gasteiger partial charge >= 0.3 is 17.9 Å². The van der Waals surface area contributed by atoms with Gasteiger partial charge in [0.2, 0.25) is 59.1 Å². The maximum absolute atomic E-state index is 14.5. The number of thiocarbonyl (C=S) groups is 1. The van der Waals surface area contributed by atoms with Crippen LogP contribution in [-0.2, 0) is 67.9 Å². The normalized spacial score (nSPS) is 23.5. The van der Waals surface area contributed by atoms with E-state index in [0.29, 0.717) is 80.2 Å². The predicted octanol–water partition coefficient (Wildman–Crippen LogP) is 1.83. The Kier molecular flexibility index (Phi) is 26.3. The summed E-state index contributed by atoms with van der Waals surface area (Å²) in [5, 5.41) is 67.8. The molecule has 10 amide bonds. The predicted molar refractivity (Wildman–Crippen MR) is 374 cm³/mol. The van der Waals surface area contributed by atoms with E-state index in [2.05, 4.69) is 31.9 Å². The van der Waals surface area contributed by atoms with Gasteiger partial charge in [-0.3, -0.25) is 57.5 Å².